The number of carbonyl (C=O) groups excluding carboxylic acids is 2. The first kappa shape index (κ1) is 16.8. The van der Waals surface area contributed by atoms with Gasteiger partial charge in [0.1, 0.15) is 0 Å². The lowest BCUT2D eigenvalue weighted by molar-refractivity contribution is -0.121. The van der Waals surface area contributed by atoms with Crippen molar-refractivity contribution in [1.82, 2.24) is 10.6 Å². The molecule has 20 heavy (non-hydrogen) atoms. The Hall–Kier alpha value is -1.22. The van der Waals surface area contributed by atoms with Gasteiger partial charge in [-0.2, -0.15) is 0 Å². The summed E-state index contributed by atoms with van der Waals surface area (Å²) in [5.74, 6) is -0.260. The van der Waals surface area contributed by atoms with Crippen LogP contribution in [-0.4, -0.2) is 72.7 Å². The van der Waals surface area contributed by atoms with Gasteiger partial charge in [-0.05, 0) is 0 Å². The van der Waals surface area contributed by atoms with E-state index in [2.05, 4.69) is 10.6 Å². The minimum Gasteiger partial charge on any atom is -0.388 e. The molecule has 0 spiro atoms. The van der Waals surface area contributed by atoms with E-state index in [4.69, 9.17) is 19.7 Å². The molecule has 0 unspecified atom stereocenters. The van der Waals surface area contributed by atoms with Gasteiger partial charge in [0.25, 0.3) is 0 Å². The Morgan fingerprint density at radius 1 is 0.850 bits per heavy atom. The lowest BCUT2D eigenvalue weighted by Crippen LogP contribution is -2.41. The number of rotatable bonds is 2. The maximum absolute atomic E-state index is 10.5. The first-order valence-corrected chi connectivity index (χ1v) is 6.46. The van der Waals surface area contributed by atoms with E-state index in [1.807, 2.05) is 0 Å². The van der Waals surface area contributed by atoms with Crippen LogP contribution in [0, 0.1) is 0 Å². The van der Waals surface area contributed by atoms with Gasteiger partial charge in [0.15, 0.2) is 0 Å². The second-order valence-electron chi connectivity index (χ2n) is 4.82. The Bertz CT molecular complexity index is 306. The van der Waals surface area contributed by atoms with Gasteiger partial charge < -0.3 is 30.3 Å². The van der Waals surface area contributed by atoms with Crippen LogP contribution in [0.2, 0.25) is 0 Å². The summed E-state index contributed by atoms with van der Waals surface area (Å²) >= 11 is 0. The molecule has 0 radical (unpaired) electrons. The van der Waals surface area contributed by atoms with Crippen molar-refractivity contribution < 1.29 is 29.3 Å². The number of hydrogen-bond acceptors (Lipinski definition) is 6. The van der Waals surface area contributed by atoms with Crippen LogP contribution < -0.4 is 10.6 Å². The molecule has 8 heteroatoms. The van der Waals surface area contributed by atoms with Crippen molar-refractivity contribution in [3.05, 3.63) is 0 Å². The molecular formula is C12H22N2O6. The van der Waals surface area contributed by atoms with Gasteiger partial charge in [-0.15, -0.1) is 0 Å². The molecule has 116 valence electrons. The van der Waals surface area contributed by atoms with Gasteiger partial charge in [0.2, 0.25) is 11.8 Å². The molecule has 2 saturated heterocycles. The molecule has 2 heterocycles. The van der Waals surface area contributed by atoms with E-state index in [9.17, 15) is 9.59 Å². The van der Waals surface area contributed by atoms with Crippen LogP contribution in [0.3, 0.4) is 0 Å². The zero-order valence-corrected chi connectivity index (χ0v) is 11.7. The monoisotopic (exact) mass is 290 g/mol. The Morgan fingerprint density at radius 2 is 1.20 bits per heavy atom. The molecule has 2 rings (SSSR count). The first-order valence-electron chi connectivity index (χ1n) is 6.46. The third-order valence-electron chi connectivity index (χ3n) is 2.88. The molecule has 2 fully saturated rings. The molecule has 0 aromatic heterocycles. The predicted molar refractivity (Wildman–Crippen MR) is 68.9 cm³/mol. The maximum Gasteiger partial charge on any atom is 0.217 e. The second kappa shape index (κ2) is 8.15. The van der Waals surface area contributed by atoms with E-state index in [1.54, 1.807) is 0 Å². The highest BCUT2D eigenvalue weighted by Crippen LogP contribution is 2.04. The molecule has 0 saturated carbocycles. The van der Waals surface area contributed by atoms with Crippen LogP contribution in [0.1, 0.15) is 13.8 Å². The third-order valence-corrected chi connectivity index (χ3v) is 2.88. The van der Waals surface area contributed by atoms with Crippen LogP contribution in [0.4, 0.5) is 0 Å². The summed E-state index contributed by atoms with van der Waals surface area (Å²) in [6, 6.07) is -0.421. The van der Waals surface area contributed by atoms with Crippen molar-refractivity contribution >= 4 is 11.8 Å². The fraction of sp³-hybridized carbons (Fsp3) is 0.833. The fourth-order valence-electron chi connectivity index (χ4n) is 1.88. The van der Waals surface area contributed by atoms with Crippen LogP contribution in [0.25, 0.3) is 0 Å². The Labute approximate surface area is 117 Å². The maximum atomic E-state index is 10.5. The lowest BCUT2D eigenvalue weighted by Gasteiger charge is -2.11. The summed E-state index contributed by atoms with van der Waals surface area (Å²) in [7, 11) is 0. The zero-order chi connectivity index (χ0) is 15.1. The van der Waals surface area contributed by atoms with Crippen LogP contribution in [0.15, 0.2) is 0 Å². The summed E-state index contributed by atoms with van der Waals surface area (Å²) in [5.41, 5.74) is 0. The van der Waals surface area contributed by atoms with Gasteiger partial charge in [0, 0.05) is 13.8 Å². The Kier molecular flexibility index (Phi) is 6.86. The van der Waals surface area contributed by atoms with Crippen LogP contribution in [0.5, 0.6) is 0 Å². The van der Waals surface area contributed by atoms with E-state index in [0.29, 0.717) is 26.4 Å². The number of ether oxygens (including phenoxy) is 2. The predicted octanol–water partition coefficient (Wildman–Crippen LogP) is -2.24. The summed E-state index contributed by atoms with van der Waals surface area (Å²) in [5, 5.41) is 23.4. The number of aliphatic hydroxyl groups excluding tert-OH is 2. The van der Waals surface area contributed by atoms with E-state index in [-0.39, 0.29) is 23.9 Å². The number of nitrogens with one attached hydrogen (secondary N) is 2. The van der Waals surface area contributed by atoms with Gasteiger partial charge in [-0.3, -0.25) is 9.59 Å². The molecule has 4 atom stereocenters. The molecule has 0 bridgehead atoms. The standard InChI is InChI=1S/2C6H11NO3/c2*1-4(8)7-5-2-10-3-6(5)9/h2*5-6,9H,2-3H2,1H3,(H,7,8)/t2*5-,6-/m10/s1. The average Bonchev–Trinajstić information content (AvgIpc) is 2.90. The van der Waals surface area contributed by atoms with Crippen molar-refractivity contribution in [3.63, 3.8) is 0 Å². The normalized spacial score (nSPS) is 32.2. The van der Waals surface area contributed by atoms with Gasteiger partial charge in [-0.1, -0.05) is 0 Å². The molecule has 2 aliphatic heterocycles. The number of aliphatic hydroxyl groups is 2. The molecule has 8 nitrogen and oxygen atoms in total. The number of carbonyl (C=O) groups is 2. The smallest absolute Gasteiger partial charge is 0.217 e. The quantitative estimate of drug-likeness (QED) is 0.457. The molecule has 0 aromatic rings. The number of amides is 2. The number of hydrogen-bond donors (Lipinski definition) is 4. The van der Waals surface area contributed by atoms with E-state index in [0.717, 1.165) is 0 Å². The topological polar surface area (TPSA) is 117 Å². The van der Waals surface area contributed by atoms with Gasteiger partial charge >= 0.3 is 0 Å². The summed E-state index contributed by atoms with van der Waals surface area (Å²) in [6.45, 7) is 4.33. The van der Waals surface area contributed by atoms with Gasteiger partial charge in [-0.25, -0.2) is 0 Å². The van der Waals surface area contributed by atoms with Crippen molar-refractivity contribution in [2.45, 2.75) is 38.1 Å². The molecule has 0 aromatic carbocycles. The minimum atomic E-state index is -0.538. The molecule has 2 aliphatic rings. The molecule has 2 amide bonds. The Balaban J connectivity index is 0.000000200. The average molecular weight is 290 g/mol. The van der Waals surface area contributed by atoms with Crippen LogP contribution >= 0.6 is 0 Å². The first-order chi connectivity index (χ1) is 9.40. The molecule has 4 N–H and O–H groups in total. The van der Waals surface area contributed by atoms with Crippen molar-refractivity contribution in [2.24, 2.45) is 0 Å². The third kappa shape index (κ3) is 5.83. The van der Waals surface area contributed by atoms with E-state index >= 15 is 0 Å². The van der Waals surface area contributed by atoms with Crippen molar-refractivity contribution in [2.75, 3.05) is 26.4 Å². The largest absolute Gasteiger partial charge is 0.388 e. The fourth-order valence-corrected chi connectivity index (χ4v) is 1.88. The highest BCUT2D eigenvalue weighted by Gasteiger charge is 2.26. The lowest BCUT2D eigenvalue weighted by atomic mass is 10.2. The summed E-state index contributed by atoms with van der Waals surface area (Å²) in [6.07, 6.45) is -1.08. The van der Waals surface area contributed by atoms with E-state index < -0.39 is 12.2 Å². The Morgan fingerprint density at radius 3 is 1.40 bits per heavy atom. The SMILES string of the molecule is CC(=O)N[C@@H]1COC[C@H]1O.CC(=O)N[C@H]1COC[C@@H]1O. The second-order valence-corrected chi connectivity index (χ2v) is 4.82. The zero-order valence-electron chi connectivity index (χ0n) is 11.7. The van der Waals surface area contributed by atoms with Gasteiger partial charge in [0.05, 0.1) is 50.7 Å². The van der Waals surface area contributed by atoms with Crippen molar-refractivity contribution in [3.8, 4) is 0 Å². The van der Waals surface area contributed by atoms with Crippen molar-refractivity contribution in [1.29, 1.82) is 0 Å². The minimum absolute atomic E-state index is 0.130. The highest BCUT2D eigenvalue weighted by atomic mass is 16.5. The summed E-state index contributed by atoms with van der Waals surface area (Å²) < 4.78 is 9.81. The summed E-state index contributed by atoms with van der Waals surface area (Å²) in [4.78, 5) is 20.9. The molecular weight excluding hydrogens is 268 g/mol. The van der Waals surface area contributed by atoms with Crippen LogP contribution in [-0.2, 0) is 19.1 Å². The van der Waals surface area contributed by atoms with E-state index in [1.165, 1.54) is 13.8 Å². The highest BCUT2D eigenvalue weighted by molar-refractivity contribution is 5.73. The molecule has 0 aliphatic carbocycles.